The SMILES string of the molecule is CCCCCCCCCCCCCCCCCCOP([O-])OCCCCCCCCCCCCCCCCCC.[NH4+]. The molecule has 0 aromatic rings. The lowest BCUT2D eigenvalue weighted by atomic mass is 10.0. The molecule has 0 fully saturated rings. The van der Waals surface area contributed by atoms with Crippen molar-refractivity contribution in [3.8, 4) is 0 Å². The van der Waals surface area contributed by atoms with Crippen molar-refractivity contribution in [2.24, 2.45) is 0 Å². The zero-order valence-corrected chi connectivity index (χ0v) is 29.6. The lowest BCUT2D eigenvalue weighted by Crippen LogP contribution is -2.05. The van der Waals surface area contributed by atoms with Crippen molar-refractivity contribution in [1.29, 1.82) is 0 Å². The topological polar surface area (TPSA) is 78.0 Å². The Bertz CT molecular complexity index is 403. The Morgan fingerprint density at radius 3 is 0.683 bits per heavy atom. The van der Waals surface area contributed by atoms with Gasteiger partial charge in [-0.15, -0.1) is 0 Å². The van der Waals surface area contributed by atoms with Crippen LogP contribution in [-0.4, -0.2) is 13.2 Å². The second-order valence-electron chi connectivity index (χ2n) is 12.5. The average molecular weight is 604 g/mol. The van der Waals surface area contributed by atoms with E-state index >= 15 is 0 Å². The number of hydrogen-bond donors (Lipinski definition) is 1. The van der Waals surface area contributed by atoms with E-state index in [1.807, 2.05) is 0 Å². The highest BCUT2D eigenvalue weighted by molar-refractivity contribution is 7.39. The van der Waals surface area contributed by atoms with Crippen molar-refractivity contribution in [2.45, 2.75) is 219 Å². The lowest BCUT2D eigenvalue weighted by Gasteiger charge is -2.22. The fourth-order valence-corrected chi connectivity index (χ4v) is 6.25. The second-order valence-corrected chi connectivity index (χ2v) is 13.5. The molecular formula is C36H78NO3P. The molecule has 0 spiro atoms. The summed E-state index contributed by atoms with van der Waals surface area (Å²) in [7, 11) is -1.92. The molecule has 0 atom stereocenters. The summed E-state index contributed by atoms with van der Waals surface area (Å²) in [6, 6.07) is 0. The Morgan fingerprint density at radius 2 is 0.488 bits per heavy atom. The zero-order valence-electron chi connectivity index (χ0n) is 28.7. The van der Waals surface area contributed by atoms with Crippen LogP contribution < -0.4 is 11.0 Å². The van der Waals surface area contributed by atoms with Crippen LogP contribution >= 0.6 is 8.60 Å². The van der Waals surface area contributed by atoms with Crippen molar-refractivity contribution in [1.82, 2.24) is 6.15 Å². The Balaban J connectivity index is 0. The third-order valence-electron chi connectivity index (χ3n) is 8.39. The minimum absolute atomic E-state index is 0. The van der Waals surface area contributed by atoms with Gasteiger partial charge >= 0.3 is 0 Å². The molecule has 4 nitrogen and oxygen atoms in total. The van der Waals surface area contributed by atoms with E-state index in [1.165, 1.54) is 193 Å². The van der Waals surface area contributed by atoms with Crippen LogP contribution in [0.2, 0.25) is 0 Å². The molecule has 250 valence electrons. The zero-order chi connectivity index (χ0) is 29.0. The molecule has 0 unspecified atom stereocenters. The van der Waals surface area contributed by atoms with Crippen LogP contribution in [0.4, 0.5) is 0 Å². The van der Waals surface area contributed by atoms with Gasteiger partial charge in [0.1, 0.15) is 0 Å². The Morgan fingerprint density at radius 1 is 0.317 bits per heavy atom. The van der Waals surface area contributed by atoms with Gasteiger partial charge in [-0.25, -0.2) is 0 Å². The molecule has 0 aliphatic rings. The molecule has 0 rings (SSSR count). The number of rotatable bonds is 36. The predicted octanol–water partition coefficient (Wildman–Crippen LogP) is 13.5. The third kappa shape index (κ3) is 40.3. The van der Waals surface area contributed by atoms with Crippen molar-refractivity contribution in [3.63, 3.8) is 0 Å². The van der Waals surface area contributed by atoms with Crippen LogP contribution in [0.25, 0.3) is 0 Å². The summed E-state index contributed by atoms with van der Waals surface area (Å²) in [5.74, 6) is 0. The van der Waals surface area contributed by atoms with E-state index in [0.29, 0.717) is 13.2 Å². The van der Waals surface area contributed by atoms with Crippen LogP contribution in [0.5, 0.6) is 0 Å². The van der Waals surface area contributed by atoms with E-state index in [2.05, 4.69) is 13.8 Å². The molecule has 0 saturated carbocycles. The van der Waals surface area contributed by atoms with Crippen molar-refractivity contribution >= 4 is 8.60 Å². The van der Waals surface area contributed by atoms with E-state index in [0.717, 1.165) is 12.8 Å². The van der Waals surface area contributed by atoms with Crippen LogP contribution in [0.15, 0.2) is 0 Å². The Labute approximate surface area is 260 Å². The van der Waals surface area contributed by atoms with Gasteiger partial charge in [-0.2, -0.15) is 0 Å². The summed E-state index contributed by atoms with van der Waals surface area (Å²) in [5.41, 5.74) is 0. The summed E-state index contributed by atoms with van der Waals surface area (Å²) >= 11 is 0. The maximum absolute atomic E-state index is 11.9. The molecule has 0 aliphatic heterocycles. The van der Waals surface area contributed by atoms with E-state index < -0.39 is 8.60 Å². The minimum Gasteiger partial charge on any atom is -0.786 e. The maximum atomic E-state index is 11.9. The summed E-state index contributed by atoms with van der Waals surface area (Å²) < 4.78 is 10.8. The predicted molar refractivity (Wildman–Crippen MR) is 184 cm³/mol. The standard InChI is InChI=1S/C36H74O3P.H3N/c1-3-5-7-9-11-13-15-17-19-21-23-25-27-29-31-33-35-38-40(37)39-36-34-32-30-28-26-24-22-20-18-16-14-12-10-8-6-4-2;/h3-36H2,1-2H3;1H3/q-1;/p+1. The minimum atomic E-state index is -1.92. The molecule has 4 N–H and O–H groups in total. The molecule has 0 aromatic heterocycles. The molecule has 0 radical (unpaired) electrons. The van der Waals surface area contributed by atoms with Crippen LogP contribution in [0, 0.1) is 0 Å². The molecular weight excluding hydrogens is 525 g/mol. The molecule has 0 heterocycles. The van der Waals surface area contributed by atoms with Crippen molar-refractivity contribution in [2.75, 3.05) is 13.2 Å². The van der Waals surface area contributed by atoms with E-state index in [-0.39, 0.29) is 6.15 Å². The first-order valence-electron chi connectivity index (χ1n) is 18.5. The van der Waals surface area contributed by atoms with Gasteiger partial charge in [0.2, 0.25) is 0 Å². The monoisotopic (exact) mass is 604 g/mol. The van der Waals surface area contributed by atoms with Gasteiger partial charge in [0, 0.05) is 0 Å². The lowest BCUT2D eigenvalue weighted by molar-refractivity contribution is -0.204. The first-order chi connectivity index (χ1) is 19.8. The van der Waals surface area contributed by atoms with Gasteiger partial charge in [-0.1, -0.05) is 206 Å². The number of unbranched alkanes of at least 4 members (excludes halogenated alkanes) is 30. The first-order valence-corrected chi connectivity index (χ1v) is 19.6. The van der Waals surface area contributed by atoms with Gasteiger partial charge in [-0.05, 0) is 12.8 Å². The largest absolute Gasteiger partial charge is 0.786 e. The highest BCUT2D eigenvalue weighted by Gasteiger charge is 1.99. The maximum Gasteiger partial charge on any atom is 0.0828 e. The molecule has 5 heteroatoms. The third-order valence-corrected chi connectivity index (χ3v) is 9.18. The summed E-state index contributed by atoms with van der Waals surface area (Å²) in [4.78, 5) is 11.9. The van der Waals surface area contributed by atoms with Crippen LogP contribution in [0.3, 0.4) is 0 Å². The highest BCUT2D eigenvalue weighted by Crippen LogP contribution is 2.28. The Hall–Kier alpha value is 0.270. The van der Waals surface area contributed by atoms with Gasteiger partial charge in [0.15, 0.2) is 0 Å². The molecule has 0 amide bonds. The van der Waals surface area contributed by atoms with Gasteiger partial charge in [0.05, 0.1) is 21.8 Å². The van der Waals surface area contributed by atoms with Gasteiger partial charge in [-0.3, -0.25) is 0 Å². The van der Waals surface area contributed by atoms with E-state index in [1.54, 1.807) is 0 Å². The second kappa shape index (κ2) is 40.3. The van der Waals surface area contributed by atoms with Crippen LogP contribution in [0.1, 0.15) is 219 Å². The first kappa shape index (κ1) is 43.4. The fourth-order valence-electron chi connectivity index (χ4n) is 5.62. The summed E-state index contributed by atoms with van der Waals surface area (Å²) in [5, 5.41) is 0. The molecule has 0 aromatic carbocycles. The van der Waals surface area contributed by atoms with Gasteiger partial charge < -0.3 is 20.1 Å². The van der Waals surface area contributed by atoms with Crippen molar-refractivity contribution in [3.05, 3.63) is 0 Å². The fraction of sp³-hybridized carbons (Fsp3) is 1.00. The van der Waals surface area contributed by atoms with Gasteiger partial charge in [0.25, 0.3) is 0 Å². The molecule has 41 heavy (non-hydrogen) atoms. The number of quaternary nitrogens is 1. The smallest absolute Gasteiger partial charge is 0.0828 e. The normalized spacial score (nSPS) is 11.4. The van der Waals surface area contributed by atoms with Crippen molar-refractivity contribution < 1.29 is 13.9 Å². The summed E-state index contributed by atoms with van der Waals surface area (Å²) in [6.45, 7) is 5.73. The molecule has 0 saturated heterocycles. The molecule has 0 aliphatic carbocycles. The highest BCUT2D eigenvalue weighted by atomic mass is 31.2. The Kier molecular flexibility index (Phi) is 42.6. The van der Waals surface area contributed by atoms with E-state index in [4.69, 9.17) is 9.05 Å². The van der Waals surface area contributed by atoms with Crippen LogP contribution in [-0.2, 0) is 9.05 Å². The van der Waals surface area contributed by atoms with E-state index in [9.17, 15) is 4.89 Å². The molecule has 0 bridgehead atoms. The quantitative estimate of drug-likeness (QED) is 0.0571. The summed E-state index contributed by atoms with van der Waals surface area (Å²) in [6.07, 6.45) is 43.6. The number of hydrogen-bond acceptors (Lipinski definition) is 3. The average Bonchev–Trinajstić information content (AvgIpc) is 2.96.